The first-order chi connectivity index (χ1) is 11.4. The minimum absolute atomic E-state index is 0.303. The van der Waals surface area contributed by atoms with Crippen LogP contribution in [0.3, 0.4) is 0 Å². The summed E-state index contributed by atoms with van der Waals surface area (Å²) in [7, 11) is 0. The first-order valence-corrected chi connectivity index (χ1v) is 8.32. The predicted molar refractivity (Wildman–Crippen MR) is 87.8 cm³/mol. The van der Waals surface area contributed by atoms with Gasteiger partial charge in [0.25, 0.3) is 5.91 Å². The van der Waals surface area contributed by atoms with Gasteiger partial charge in [0.1, 0.15) is 11.1 Å². The molecular weight excluding hydrogens is 308 g/mol. The molecule has 7 nitrogen and oxygen atoms in total. The SMILES string of the molecule is CCC1CCC(NC(=O)c2cnn3ccc(C)nc23)(C(=O)O)CC1. The summed E-state index contributed by atoms with van der Waals surface area (Å²) in [5.41, 5.74) is 0.321. The van der Waals surface area contributed by atoms with Crippen molar-refractivity contribution in [2.24, 2.45) is 5.92 Å². The Morgan fingerprint density at radius 1 is 1.42 bits per heavy atom. The molecule has 2 aromatic heterocycles. The third-order valence-corrected chi connectivity index (χ3v) is 5.05. The van der Waals surface area contributed by atoms with Crippen LogP contribution in [0.25, 0.3) is 5.65 Å². The number of nitrogens with one attached hydrogen (secondary N) is 1. The maximum atomic E-state index is 12.7. The van der Waals surface area contributed by atoms with Gasteiger partial charge in [0, 0.05) is 11.9 Å². The predicted octanol–water partition coefficient (Wildman–Crippen LogP) is 2.19. The van der Waals surface area contributed by atoms with E-state index in [1.807, 2.05) is 6.92 Å². The maximum absolute atomic E-state index is 12.7. The van der Waals surface area contributed by atoms with Gasteiger partial charge in [0.15, 0.2) is 5.65 Å². The Balaban J connectivity index is 1.86. The summed E-state index contributed by atoms with van der Waals surface area (Å²) in [6.07, 6.45) is 6.75. The van der Waals surface area contributed by atoms with Crippen molar-refractivity contribution >= 4 is 17.5 Å². The van der Waals surface area contributed by atoms with E-state index in [9.17, 15) is 14.7 Å². The summed E-state index contributed by atoms with van der Waals surface area (Å²) in [4.78, 5) is 28.9. The second-order valence-electron chi connectivity index (χ2n) is 6.59. The molecule has 2 aromatic rings. The van der Waals surface area contributed by atoms with Gasteiger partial charge in [-0.3, -0.25) is 4.79 Å². The Bertz CT molecular complexity index is 775. The molecule has 1 aliphatic rings. The zero-order valence-corrected chi connectivity index (χ0v) is 14.0. The second-order valence-corrected chi connectivity index (χ2v) is 6.59. The molecule has 0 radical (unpaired) electrons. The number of carbonyl (C=O) groups excluding carboxylic acids is 1. The molecule has 7 heteroatoms. The third-order valence-electron chi connectivity index (χ3n) is 5.05. The number of aliphatic carboxylic acids is 1. The topological polar surface area (TPSA) is 96.6 Å². The molecule has 0 aromatic carbocycles. The molecule has 0 aliphatic heterocycles. The second kappa shape index (κ2) is 6.22. The highest BCUT2D eigenvalue weighted by atomic mass is 16.4. The van der Waals surface area contributed by atoms with Gasteiger partial charge in [-0.05, 0) is 44.6 Å². The van der Waals surface area contributed by atoms with Crippen molar-refractivity contribution < 1.29 is 14.7 Å². The first-order valence-electron chi connectivity index (χ1n) is 8.32. The molecule has 0 unspecified atom stereocenters. The van der Waals surface area contributed by atoms with E-state index in [0.717, 1.165) is 25.0 Å². The van der Waals surface area contributed by atoms with Gasteiger partial charge in [0.05, 0.1) is 6.20 Å². The van der Waals surface area contributed by atoms with Crippen molar-refractivity contribution in [1.82, 2.24) is 19.9 Å². The van der Waals surface area contributed by atoms with Crippen LogP contribution >= 0.6 is 0 Å². The van der Waals surface area contributed by atoms with E-state index in [4.69, 9.17) is 0 Å². The van der Waals surface area contributed by atoms with Crippen LogP contribution in [0.4, 0.5) is 0 Å². The molecule has 3 rings (SSSR count). The van der Waals surface area contributed by atoms with Crippen LogP contribution in [0.5, 0.6) is 0 Å². The van der Waals surface area contributed by atoms with Crippen molar-refractivity contribution in [3.8, 4) is 0 Å². The molecule has 1 amide bonds. The summed E-state index contributed by atoms with van der Waals surface area (Å²) in [5, 5.41) is 16.6. The first kappa shape index (κ1) is 16.4. The fourth-order valence-corrected chi connectivity index (χ4v) is 3.37. The van der Waals surface area contributed by atoms with Gasteiger partial charge in [0.2, 0.25) is 0 Å². The van der Waals surface area contributed by atoms with Gasteiger partial charge >= 0.3 is 5.97 Å². The molecule has 1 aliphatic carbocycles. The average molecular weight is 330 g/mol. The number of aromatic nitrogens is 3. The van der Waals surface area contributed by atoms with Crippen molar-refractivity contribution in [2.45, 2.75) is 51.5 Å². The van der Waals surface area contributed by atoms with Crippen LogP contribution in [0.1, 0.15) is 55.1 Å². The number of amides is 1. The lowest BCUT2D eigenvalue weighted by Gasteiger charge is -2.37. The molecule has 128 valence electrons. The highest BCUT2D eigenvalue weighted by Crippen LogP contribution is 2.34. The fourth-order valence-electron chi connectivity index (χ4n) is 3.37. The van der Waals surface area contributed by atoms with Gasteiger partial charge in [-0.1, -0.05) is 13.3 Å². The Morgan fingerprint density at radius 3 is 2.75 bits per heavy atom. The minimum Gasteiger partial charge on any atom is -0.480 e. The van der Waals surface area contributed by atoms with Crippen LogP contribution in [0, 0.1) is 12.8 Å². The lowest BCUT2D eigenvalue weighted by atomic mass is 9.75. The third kappa shape index (κ3) is 2.86. The van der Waals surface area contributed by atoms with Gasteiger partial charge < -0.3 is 10.4 Å². The van der Waals surface area contributed by atoms with Gasteiger partial charge in [-0.25, -0.2) is 14.3 Å². The molecule has 0 spiro atoms. The van der Waals surface area contributed by atoms with E-state index < -0.39 is 17.4 Å². The summed E-state index contributed by atoms with van der Waals surface area (Å²) in [6, 6.07) is 1.80. The number of carboxylic acids is 1. The zero-order valence-electron chi connectivity index (χ0n) is 14.0. The lowest BCUT2D eigenvalue weighted by Crippen LogP contribution is -2.56. The van der Waals surface area contributed by atoms with E-state index in [0.29, 0.717) is 30.0 Å². The molecule has 0 atom stereocenters. The fraction of sp³-hybridized carbons (Fsp3) is 0.529. The van der Waals surface area contributed by atoms with Gasteiger partial charge in [-0.15, -0.1) is 0 Å². The summed E-state index contributed by atoms with van der Waals surface area (Å²) in [6.45, 7) is 3.95. The van der Waals surface area contributed by atoms with E-state index in [2.05, 4.69) is 22.3 Å². The van der Waals surface area contributed by atoms with Crippen molar-refractivity contribution in [1.29, 1.82) is 0 Å². The molecule has 1 fully saturated rings. The summed E-state index contributed by atoms with van der Waals surface area (Å²) in [5.74, 6) is -0.859. The Kier molecular flexibility index (Phi) is 4.26. The highest BCUT2D eigenvalue weighted by molar-refractivity contribution is 6.02. The average Bonchev–Trinajstić information content (AvgIpc) is 2.98. The van der Waals surface area contributed by atoms with Crippen LogP contribution in [0.15, 0.2) is 18.5 Å². The lowest BCUT2D eigenvalue weighted by molar-refractivity contribution is -0.146. The number of carbonyl (C=O) groups is 2. The Morgan fingerprint density at radius 2 is 2.12 bits per heavy atom. The van der Waals surface area contributed by atoms with E-state index in [1.54, 1.807) is 12.3 Å². The number of nitrogens with zero attached hydrogens (tertiary/aromatic N) is 3. The van der Waals surface area contributed by atoms with Crippen LogP contribution in [-0.2, 0) is 4.79 Å². The van der Waals surface area contributed by atoms with Crippen molar-refractivity contribution in [3.63, 3.8) is 0 Å². The normalized spacial score (nSPS) is 24.0. The van der Waals surface area contributed by atoms with E-state index in [-0.39, 0.29) is 0 Å². The summed E-state index contributed by atoms with van der Waals surface area (Å²) < 4.78 is 1.52. The van der Waals surface area contributed by atoms with E-state index >= 15 is 0 Å². The molecule has 1 saturated carbocycles. The van der Waals surface area contributed by atoms with Crippen LogP contribution < -0.4 is 5.32 Å². The zero-order chi connectivity index (χ0) is 17.3. The highest BCUT2D eigenvalue weighted by Gasteiger charge is 2.43. The largest absolute Gasteiger partial charge is 0.480 e. The van der Waals surface area contributed by atoms with Crippen molar-refractivity contribution in [3.05, 3.63) is 29.7 Å². The number of hydrogen-bond acceptors (Lipinski definition) is 4. The quantitative estimate of drug-likeness (QED) is 0.896. The van der Waals surface area contributed by atoms with E-state index in [1.165, 1.54) is 10.7 Å². The monoisotopic (exact) mass is 330 g/mol. The Labute approximate surface area is 140 Å². The molecule has 24 heavy (non-hydrogen) atoms. The molecular formula is C17H22N4O3. The number of aryl methyl sites for hydroxylation is 1. The molecule has 0 bridgehead atoms. The number of hydrogen-bond donors (Lipinski definition) is 2. The number of rotatable bonds is 4. The minimum atomic E-state index is -1.19. The number of fused-ring (bicyclic) bond motifs is 1. The van der Waals surface area contributed by atoms with Crippen LogP contribution in [-0.4, -0.2) is 37.1 Å². The molecule has 0 saturated heterocycles. The van der Waals surface area contributed by atoms with Gasteiger partial charge in [-0.2, -0.15) is 5.10 Å². The van der Waals surface area contributed by atoms with Crippen LogP contribution in [0.2, 0.25) is 0 Å². The standard InChI is InChI=1S/C17H22N4O3/c1-3-12-4-7-17(8-5-12,16(23)24)20-15(22)13-10-18-21-9-6-11(2)19-14(13)21/h6,9-10,12H,3-5,7-8H2,1-2H3,(H,20,22)(H,23,24). The molecule has 2 N–H and O–H groups in total. The molecule has 2 heterocycles. The maximum Gasteiger partial charge on any atom is 0.329 e. The van der Waals surface area contributed by atoms with Crippen molar-refractivity contribution in [2.75, 3.05) is 0 Å². The number of carboxylic acid groups (broad SMARTS) is 1. The Hall–Kier alpha value is -2.44. The smallest absolute Gasteiger partial charge is 0.329 e. The summed E-state index contributed by atoms with van der Waals surface area (Å²) >= 11 is 0.